The Labute approximate surface area is 144 Å². The number of hydrogen-bond acceptors (Lipinski definition) is 4. The summed E-state index contributed by atoms with van der Waals surface area (Å²) in [6.07, 6.45) is 0. The van der Waals surface area contributed by atoms with Gasteiger partial charge in [-0.2, -0.15) is 11.8 Å². The van der Waals surface area contributed by atoms with Crippen molar-refractivity contribution in [3.8, 4) is 0 Å². The first-order valence-corrected chi connectivity index (χ1v) is 8.75. The number of carbonyl (C=O) groups is 1. The van der Waals surface area contributed by atoms with Crippen LogP contribution in [-0.2, 0) is 19.8 Å². The second kappa shape index (κ2) is 8.01. The van der Waals surface area contributed by atoms with Gasteiger partial charge in [-0.25, -0.2) is 4.79 Å². The molecule has 0 aliphatic rings. The van der Waals surface area contributed by atoms with Crippen molar-refractivity contribution in [2.24, 2.45) is 14.1 Å². The van der Waals surface area contributed by atoms with E-state index in [1.807, 2.05) is 12.1 Å². The molecule has 0 spiro atoms. The first kappa shape index (κ1) is 18.1. The summed E-state index contributed by atoms with van der Waals surface area (Å²) in [5, 5.41) is 2.75. The number of amides is 1. The number of carbonyl (C=O) groups excluding carboxylic acids is 1. The molecule has 0 saturated carbocycles. The zero-order valence-corrected chi connectivity index (χ0v) is 14.9. The van der Waals surface area contributed by atoms with Gasteiger partial charge in [0.15, 0.2) is 0 Å². The summed E-state index contributed by atoms with van der Waals surface area (Å²) in [6.45, 7) is 2.55. The highest BCUT2D eigenvalue weighted by atomic mass is 32.2. The topological polar surface area (TPSA) is 73.1 Å². The Morgan fingerprint density at radius 3 is 2.58 bits per heavy atom. The molecule has 0 unspecified atom stereocenters. The van der Waals surface area contributed by atoms with Crippen molar-refractivity contribution >= 4 is 17.7 Å². The molecule has 0 aliphatic carbocycles. The number of aromatic nitrogens is 2. The van der Waals surface area contributed by atoms with Crippen molar-refractivity contribution in [1.29, 1.82) is 0 Å². The van der Waals surface area contributed by atoms with Crippen molar-refractivity contribution in [3.05, 3.63) is 68.0 Å². The standard InChI is InChI=1S/C17H21N3O3S/c1-12-6-4-5-7-13(12)11-24-9-8-18-16(22)14-10-15(21)20(3)17(23)19(14)2/h4-7,10H,8-9,11H2,1-3H3,(H,18,22). The Balaban J connectivity index is 1.87. The Morgan fingerprint density at radius 1 is 1.17 bits per heavy atom. The van der Waals surface area contributed by atoms with Gasteiger partial charge in [0.25, 0.3) is 11.5 Å². The van der Waals surface area contributed by atoms with Crippen LogP contribution in [0.4, 0.5) is 0 Å². The van der Waals surface area contributed by atoms with E-state index < -0.39 is 17.2 Å². The smallest absolute Gasteiger partial charge is 0.331 e. The van der Waals surface area contributed by atoms with E-state index in [-0.39, 0.29) is 5.69 Å². The first-order valence-electron chi connectivity index (χ1n) is 7.59. The Kier molecular flexibility index (Phi) is 6.03. The quantitative estimate of drug-likeness (QED) is 0.793. The van der Waals surface area contributed by atoms with Crippen molar-refractivity contribution in [2.75, 3.05) is 12.3 Å². The van der Waals surface area contributed by atoms with Crippen LogP contribution < -0.4 is 16.6 Å². The lowest BCUT2D eigenvalue weighted by Crippen LogP contribution is -2.41. The maximum Gasteiger partial charge on any atom is 0.331 e. The van der Waals surface area contributed by atoms with Crippen LogP contribution in [0, 0.1) is 6.92 Å². The van der Waals surface area contributed by atoms with Gasteiger partial charge < -0.3 is 5.32 Å². The van der Waals surface area contributed by atoms with Crippen LogP contribution in [0.1, 0.15) is 21.6 Å². The highest BCUT2D eigenvalue weighted by molar-refractivity contribution is 7.98. The van der Waals surface area contributed by atoms with Gasteiger partial charge in [0.05, 0.1) is 0 Å². The molecule has 128 valence electrons. The van der Waals surface area contributed by atoms with E-state index >= 15 is 0 Å². The summed E-state index contributed by atoms with van der Waals surface area (Å²) in [6, 6.07) is 9.38. The molecule has 0 saturated heterocycles. The molecule has 1 N–H and O–H groups in total. The van der Waals surface area contributed by atoms with Crippen LogP contribution in [-0.4, -0.2) is 27.3 Å². The summed E-state index contributed by atoms with van der Waals surface area (Å²) in [5.74, 6) is 1.22. The summed E-state index contributed by atoms with van der Waals surface area (Å²) in [4.78, 5) is 35.6. The average Bonchev–Trinajstić information content (AvgIpc) is 2.57. The minimum atomic E-state index is -0.512. The van der Waals surface area contributed by atoms with Gasteiger partial charge >= 0.3 is 5.69 Å². The fraction of sp³-hybridized carbons (Fsp3) is 0.353. The highest BCUT2D eigenvalue weighted by Crippen LogP contribution is 2.15. The summed E-state index contributed by atoms with van der Waals surface area (Å²) < 4.78 is 2.14. The number of nitrogens with zero attached hydrogens (tertiary/aromatic N) is 2. The molecule has 2 aromatic rings. The summed E-state index contributed by atoms with van der Waals surface area (Å²) >= 11 is 1.72. The molecule has 6 nitrogen and oxygen atoms in total. The molecule has 0 fully saturated rings. The summed E-state index contributed by atoms with van der Waals surface area (Å²) in [5.41, 5.74) is 1.61. The maximum atomic E-state index is 12.1. The van der Waals surface area contributed by atoms with Crippen LogP contribution in [0.5, 0.6) is 0 Å². The fourth-order valence-electron chi connectivity index (χ4n) is 2.23. The largest absolute Gasteiger partial charge is 0.350 e. The number of benzene rings is 1. The van der Waals surface area contributed by atoms with E-state index in [1.165, 1.54) is 35.9 Å². The predicted octanol–water partition coefficient (Wildman–Crippen LogP) is 1.06. The van der Waals surface area contributed by atoms with Gasteiger partial charge in [0.1, 0.15) is 5.69 Å². The average molecular weight is 347 g/mol. The van der Waals surface area contributed by atoms with Crippen LogP contribution in [0.2, 0.25) is 0 Å². The van der Waals surface area contributed by atoms with Crippen LogP contribution in [0.3, 0.4) is 0 Å². The SMILES string of the molecule is Cc1ccccc1CSCCNC(=O)c1cc(=O)n(C)c(=O)n1C. The molecule has 1 amide bonds. The number of rotatable bonds is 6. The van der Waals surface area contributed by atoms with Crippen molar-refractivity contribution < 1.29 is 4.79 Å². The zero-order chi connectivity index (χ0) is 17.7. The number of hydrogen-bond donors (Lipinski definition) is 1. The van der Waals surface area contributed by atoms with Gasteiger partial charge in [0, 0.05) is 38.2 Å². The third-order valence-electron chi connectivity index (χ3n) is 3.81. The molecule has 0 bridgehead atoms. The molecule has 0 aliphatic heterocycles. The highest BCUT2D eigenvalue weighted by Gasteiger charge is 2.12. The summed E-state index contributed by atoms with van der Waals surface area (Å²) in [7, 11) is 2.86. The second-order valence-electron chi connectivity index (χ2n) is 5.50. The number of nitrogens with one attached hydrogen (secondary N) is 1. The maximum absolute atomic E-state index is 12.1. The third kappa shape index (κ3) is 4.17. The molecule has 7 heteroatoms. The minimum Gasteiger partial charge on any atom is -0.350 e. The van der Waals surface area contributed by atoms with E-state index in [4.69, 9.17) is 0 Å². The van der Waals surface area contributed by atoms with Gasteiger partial charge in [-0.15, -0.1) is 0 Å². The minimum absolute atomic E-state index is 0.0759. The van der Waals surface area contributed by atoms with E-state index in [1.54, 1.807) is 11.8 Å². The molecule has 1 heterocycles. The van der Waals surface area contributed by atoms with Crippen LogP contribution in [0.25, 0.3) is 0 Å². The monoisotopic (exact) mass is 347 g/mol. The first-order chi connectivity index (χ1) is 11.4. The van der Waals surface area contributed by atoms with Gasteiger partial charge in [-0.05, 0) is 18.1 Å². The van der Waals surface area contributed by atoms with E-state index in [9.17, 15) is 14.4 Å². The molecule has 2 rings (SSSR count). The predicted molar refractivity (Wildman–Crippen MR) is 96.6 cm³/mol. The molecular weight excluding hydrogens is 326 g/mol. The Bertz CT molecular complexity index is 855. The van der Waals surface area contributed by atoms with Gasteiger partial charge in [-0.3, -0.25) is 18.7 Å². The Morgan fingerprint density at radius 2 is 1.88 bits per heavy atom. The lowest BCUT2D eigenvalue weighted by Gasteiger charge is -2.10. The molecule has 1 aromatic heterocycles. The van der Waals surface area contributed by atoms with Crippen LogP contribution in [0.15, 0.2) is 39.9 Å². The lowest BCUT2D eigenvalue weighted by molar-refractivity contribution is 0.0946. The third-order valence-corrected chi connectivity index (χ3v) is 4.82. The van der Waals surface area contributed by atoms with Gasteiger partial charge in [0.2, 0.25) is 0 Å². The normalized spacial score (nSPS) is 10.6. The fourth-order valence-corrected chi connectivity index (χ4v) is 3.17. The van der Waals surface area contributed by atoms with Crippen LogP contribution >= 0.6 is 11.8 Å². The van der Waals surface area contributed by atoms with Crippen molar-refractivity contribution in [3.63, 3.8) is 0 Å². The zero-order valence-electron chi connectivity index (χ0n) is 14.0. The lowest BCUT2D eigenvalue weighted by atomic mass is 10.1. The van der Waals surface area contributed by atoms with Crippen molar-refractivity contribution in [1.82, 2.24) is 14.5 Å². The second-order valence-corrected chi connectivity index (χ2v) is 6.61. The molecular formula is C17H21N3O3S. The Hall–Kier alpha value is -2.28. The molecule has 24 heavy (non-hydrogen) atoms. The van der Waals surface area contributed by atoms with Gasteiger partial charge in [-0.1, -0.05) is 24.3 Å². The molecule has 1 aromatic carbocycles. The van der Waals surface area contributed by atoms with E-state index in [0.29, 0.717) is 6.54 Å². The van der Waals surface area contributed by atoms with E-state index in [0.717, 1.165) is 16.1 Å². The molecule has 0 atom stereocenters. The molecule has 0 radical (unpaired) electrons. The number of thioether (sulfide) groups is 1. The number of aryl methyl sites for hydroxylation is 1. The van der Waals surface area contributed by atoms with Crippen molar-refractivity contribution in [2.45, 2.75) is 12.7 Å². The van der Waals surface area contributed by atoms with E-state index in [2.05, 4.69) is 24.4 Å².